The van der Waals surface area contributed by atoms with E-state index < -0.39 is 11.6 Å². The van der Waals surface area contributed by atoms with Crippen molar-refractivity contribution in [2.75, 3.05) is 12.9 Å². The van der Waals surface area contributed by atoms with E-state index in [1.165, 1.54) is 14.0 Å². The zero-order valence-electron chi connectivity index (χ0n) is 7.99. The Labute approximate surface area is 81.6 Å². The second-order valence-corrected chi connectivity index (χ2v) is 4.07. The van der Waals surface area contributed by atoms with Crippen LogP contribution in [0.2, 0.25) is 0 Å². The highest BCUT2D eigenvalue weighted by molar-refractivity contribution is 8.13. The van der Waals surface area contributed by atoms with Gasteiger partial charge in [-0.05, 0) is 12.7 Å². The average molecular weight is 206 g/mol. The van der Waals surface area contributed by atoms with Gasteiger partial charge in [0, 0.05) is 0 Å². The van der Waals surface area contributed by atoms with Crippen LogP contribution in [0.15, 0.2) is 0 Å². The van der Waals surface area contributed by atoms with Gasteiger partial charge in [-0.2, -0.15) is 0 Å². The van der Waals surface area contributed by atoms with Crippen molar-refractivity contribution in [2.24, 2.45) is 0 Å². The first-order chi connectivity index (χ1) is 5.94. The van der Waals surface area contributed by atoms with Crippen LogP contribution in [0.25, 0.3) is 0 Å². The summed E-state index contributed by atoms with van der Waals surface area (Å²) in [6.45, 7) is 3.10. The molecule has 0 saturated heterocycles. The van der Waals surface area contributed by atoms with Gasteiger partial charge in [0.05, 0.1) is 13.5 Å². The number of esters is 1. The number of aliphatic hydroxyl groups is 1. The third-order valence-corrected chi connectivity index (χ3v) is 2.17. The van der Waals surface area contributed by atoms with E-state index in [4.69, 9.17) is 0 Å². The van der Waals surface area contributed by atoms with E-state index in [0.717, 1.165) is 11.8 Å². The maximum Gasteiger partial charge on any atom is 0.338 e. The molecule has 0 amide bonds. The smallest absolute Gasteiger partial charge is 0.338 e. The lowest BCUT2D eigenvalue weighted by Crippen LogP contribution is -2.37. The van der Waals surface area contributed by atoms with Crippen molar-refractivity contribution in [3.63, 3.8) is 0 Å². The highest BCUT2D eigenvalue weighted by atomic mass is 32.2. The van der Waals surface area contributed by atoms with Crippen LogP contribution in [-0.2, 0) is 14.3 Å². The van der Waals surface area contributed by atoms with Crippen LogP contribution in [0, 0.1) is 0 Å². The Morgan fingerprint density at radius 1 is 1.54 bits per heavy atom. The first-order valence-corrected chi connectivity index (χ1v) is 4.89. The molecule has 0 aliphatic heterocycles. The van der Waals surface area contributed by atoms with Gasteiger partial charge in [-0.1, -0.05) is 18.7 Å². The molecule has 13 heavy (non-hydrogen) atoms. The summed E-state index contributed by atoms with van der Waals surface area (Å²) in [6, 6.07) is 0. The molecule has 0 spiro atoms. The second-order valence-electron chi connectivity index (χ2n) is 2.75. The Kier molecular flexibility index (Phi) is 5.02. The normalized spacial score (nSPS) is 14.8. The lowest BCUT2D eigenvalue weighted by Gasteiger charge is -2.18. The van der Waals surface area contributed by atoms with Gasteiger partial charge in [-0.3, -0.25) is 4.79 Å². The summed E-state index contributed by atoms with van der Waals surface area (Å²) in [7, 11) is 1.17. The number of rotatable bonds is 4. The van der Waals surface area contributed by atoms with Gasteiger partial charge in [0.2, 0.25) is 0 Å². The van der Waals surface area contributed by atoms with Crippen LogP contribution in [0.3, 0.4) is 0 Å². The van der Waals surface area contributed by atoms with Crippen molar-refractivity contribution >= 4 is 22.8 Å². The van der Waals surface area contributed by atoms with E-state index in [1.807, 2.05) is 6.92 Å². The van der Waals surface area contributed by atoms with Gasteiger partial charge in [0.15, 0.2) is 10.7 Å². The summed E-state index contributed by atoms with van der Waals surface area (Å²) in [6.07, 6.45) is -0.210. The molecule has 0 aromatic carbocycles. The van der Waals surface area contributed by atoms with Gasteiger partial charge < -0.3 is 9.84 Å². The molecule has 0 fully saturated rings. The fraction of sp³-hybridized carbons (Fsp3) is 0.750. The van der Waals surface area contributed by atoms with Gasteiger partial charge in [-0.15, -0.1) is 0 Å². The van der Waals surface area contributed by atoms with Gasteiger partial charge in [0.1, 0.15) is 0 Å². The lowest BCUT2D eigenvalue weighted by molar-refractivity contribution is -0.161. The lowest BCUT2D eigenvalue weighted by atomic mass is 10.0. The standard InChI is InChI=1S/C8H14O4S/c1-4-13-6(9)5-8(2,11)7(10)12-3/h11H,4-5H2,1-3H3/t8-/m1/s1. The summed E-state index contributed by atoms with van der Waals surface area (Å²) >= 11 is 1.08. The van der Waals surface area contributed by atoms with E-state index in [0.29, 0.717) is 5.75 Å². The summed E-state index contributed by atoms with van der Waals surface area (Å²) in [4.78, 5) is 22.0. The van der Waals surface area contributed by atoms with Gasteiger partial charge >= 0.3 is 5.97 Å². The molecule has 0 aromatic rings. The largest absolute Gasteiger partial charge is 0.467 e. The minimum absolute atomic E-state index is 0.210. The Morgan fingerprint density at radius 3 is 2.46 bits per heavy atom. The maximum atomic E-state index is 11.1. The first-order valence-electron chi connectivity index (χ1n) is 3.90. The van der Waals surface area contributed by atoms with E-state index in [9.17, 15) is 14.7 Å². The number of hydrogen-bond donors (Lipinski definition) is 1. The predicted octanol–water partition coefficient (Wildman–Crippen LogP) is 0.580. The minimum Gasteiger partial charge on any atom is -0.467 e. The van der Waals surface area contributed by atoms with Crippen LogP contribution >= 0.6 is 11.8 Å². The van der Waals surface area contributed by atoms with Crippen molar-refractivity contribution < 1.29 is 19.4 Å². The summed E-state index contributed by atoms with van der Waals surface area (Å²) in [5.74, 6) is -0.145. The number of thioether (sulfide) groups is 1. The minimum atomic E-state index is -1.70. The Hall–Kier alpha value is -0.550. The monoisotopic (exact) mass is 206 g/mol. The zero-order chi connectivity index (χ0) is 10.5. The third kappa shape index (κ3) is 4.28. The van der Waals surface area contributed by atoms with Crippen LogP contribution in [0.5, 0.6) is 0 Å². The molecule has 1 N–H and O–H groups in total. The number of carbonyl (C=O) groups excluding carboxylic acids is 2. The molecule has 1 atom stereocenters. The zero-order valence-corrected chi connectivity index (χ0v) is 8.81. The van der Waals surface area contributed by atoms with Crippen LogP contribution in [-0.4, -0.2) is 34.7 Å². The number of ether oxygens (including phenoxy) is 1. The molecular weight excluding hydrogens is 192 g/mol. The molecule has 0 aromatic heterocycles. The fourth-order valence-corrected chi connectivity index (χ4v) is 1.49. The van der Waals surface area contributed by atoms with Crippen LogP contribution < -0.4 is 0 Å². The van der Waals surface area contributed by atoms with E-state index in [-0.39, 0.29) is 11.5 Å². The Bertz CT molecular complexity index is 200. The van der Waals surface area contributed by atoms with E-state index in [2.05, 4.69) is 4.74 Å². The van der Waals surface area contributed by atoms with Crippen molar-refractivity contribution in [3.8, 4) is 0 Å². The first kappa shape index (κ1) is 12.4. The number of hydrogen-bond acceptors (Lipinski definition) is 5. The molecular formula is C8H14O4S. The van der Waals surface area contributed by atoms with E-state index >= 15 is 0 Å². The number of methoxy groups -OCH3 is 1. The van der Waals surface area contributed by atoms with Crippen molar-refractivity contribution in [3.05, 3.63) is 0 Å². The summed E-state index contributed by atoms with van der Waals surface area (Å²) in [5, 5.41) is 9.26. The molecule has 0 aliphatic rings. The molecule has 0 radical (unpaired) electrons. The average Bonchev–Trinajstić information content (AvgIpc) is 2.02. The molecule has 76 valence electrons. The number of carbonyl (C=O) groups is 2. The van der Waals surface area contributed by atoms with Crippen LogP contribution in [0.4, 0.5) is 0 Å². The Balaban J connectivity index is 4.16. The third-order valence-electron chi connectivity index (χ3n) is 1.42. The quantitative estimate of drug-likeness (QED) is 0.682. The highest BCUT2D eigenvalue weighted by Crippen LogP contribution is 2.16. The summed E-state index contributed by atoms with van der Waals surface area (Å²) < 4.78 is 4.34. The van der Waals surface area contributed by atoms with Gasteiger partial charge in [-0.25, -0.2) is 4.79 Å². The molecule has 4 nitrogen and oxygen atoms in total. The molecule has 0 unspecified atom stereocenters. The molecule has 5 heteroatoms. The molecule has 0 rings (SSSR count). The second kappa shape index (κ2) is 5.24. The van der Waals surface area contributed by atoms with Gasteiger partial charge in [0.25, 0.3) is 0 Å². The van der Waals surface area contributed by atoms with Crippen molar-refractivity contribution in [1.82, 2.24) is 0 Å². The van der Waals surface area contributed by atoms with Crippen molar-refractivity contribution in [2.45, 2.75) is 25.9 Å². The van der Waals surface area contributed by atoms with E-state index in [1.54, 1.807) is 0 Å². The molecule has 0 aliphatic carbocycles. The Morgan fingerprint density at radius 2 is 2.08 bits per heavy atom. The van der Waals surface area contributed by atoms with Crippen molar-refractivity contribution in [1.29, 1.82) is 0 Å². The van der Waals surface area contributed by atoms with Crippen LogP contribution in [0.1, 0.15) is 20.3 Å². The molecule has 0 saturated carbocycles. The predicted molar refractivity (Wildman–Crippen MR) is 50.4 cm³/mol. The summed E-state index contributed by atoms with van der Waals surface area (Å²) in [5.41, 5.74) is -1.70. The SMILES string of the molecule is CCSC(=O)C[C@@](C)(O)C(=O)OC. The fourth-order valence-electron chi connectivity index (χ4n) is 0.785. The molecule has 0 heterocycles. The topological polar surface area (TPSA) is 63.6 Å². The molecule has 0 bridgehead atoms. The highest BCUT2D eigenvalue weighted by Gasteiger charge is 2.33. The maximum absolute atomic E-state index is 11.1.